The van der Waals surface area contributed by atoms with Crippen LogP contribution in [0.15, 0.2) is 18.2 Å². The molecule has 100 valence electrons. The van der Waals surface area contributed by atoms with Crippen LogP contribution in [0.2, 0.25) is 0 Å². The smallest absolute Gasteiger partial charge is 0.335 e. The summed E-state index contributed by atoms with van der Waals surface area (Å²) in [7, 11) is 0. The lowest BCUT2D eigenvalue weighted by atomic mass is 10.1. The van der Waals surface area contributed by atoms with E-state index in [-0.39, 0.29) is 11.4 Å². The monoisotopic (exact) mass is 261 g/mol. The number of rotatable bonds is 5. The molecule has 0 spiro atoms. The van der Waals surface area contributed by atoms with Crippen molar-refractivity contribution in [2.45, 2.75) is 26.7 Å². The molecule has 19 heavy (non-hydrogen) atoms. The molecule has 0 atom stereocenters. The Labute approximate surface area is 110 Å². The normalized spacial score (nSPS) is 10.4. The molecule has 0 bridgehead atoms. The zero-order chi connectivity index (χ0) is 13.8. The van der Waals surface area contributed by atoms with Crippen LogP contribution in [0.3, 0.4) is 0 Å². The van der Waals surface area contributed by atoms with Gasteiger partial charge in [0.1, 0.15) is 0 Å². The molecule has 0 aliphatic heterocycles. The van der Waals surface area contributed by atoms with Crippen LogP contribution < -0.4 is 4.74 Å². The largest absolute Gasteiger partial charge is 0.478 e. The third-order valence-corrected chi connectivity index (χ3v) is 2.50. The van der Waals surface area contributed by atoms with Crippen LogP contribution >= 0.6 is 0 Å². The highest BCUT2D eigenvalue weighted by Gasteiger charge is 2.10. The van der Waals surface area contributed by atoms with Crippen molar-refractivity contribution >= 4 is 5.97 Å². The van der Waals surface area contributed by atoms with E-state index >= 15 is 0 Å². The standard InChI is InChI=1S/C13H15N3O3/c1-3-4-10-6-9(13(17)18)7-11(14-10)19-12-5-8(2)15-16-12/h5-7H,3-4H2,1-2H3,(H,15,16)(H,17,18). The van der Waals surface area contributed by atoms with E-state index in [4.69, 9.17) is 9.84 Å². The average Bonchev–Trinajstić information content (AvgIpc) is 2.75. The number of aromatic carboxylic acids is 1. The second kappa shape index (κ2) is 5.51. The zero-order valence-corrected chi connectivity index (χ0v) is 10.8. The van der Waals surface area contributed by atoms with Crippen LogP contribution in [0.25, 0.3) is 0 Å². The highest BCUT2D eigenvalue weighted by molar-refractivity contribution is 5.88. The Hall–Kier alpha value is -2.37. The number of ether oxygens (including phenoxy) is 1. The number of nitrogens with one attached hydrogen (secondary N) is 1. The second-order valence-electron chi connectivity index (χ2n) is 4.23. The molecule has 0 saturated heterocycles. The van der Waals surface area contributed by atoms with Gasteiger partial charge in [0.2, 0.25) is 11.8 Å². The quantitative estimate of drug-likeness (QED) is 0.863. The Balaban J connectivity index is 2.30. The van der Waals surface area contributed by atoms with Gasteiger partial charge in [-0.3, -0.25) is 5.10 Å². The summed E-state index contributed by atoms with van der Waals surface area (Å²) in [4.78, 5) is 15.3. The molecule has 6 nitrogen and oxygen atoms in total. The van der Waals surface area contributed by atoms with Crippen LogP contribution in [0.4, 0.5) is 0 Å². The number of pyridine rings is 1. The Morgan fingerprint density at radius 2 is 2.16 bits per heavy atom. The van der Waals surface area contributed by atoms with Crippen molar-refractivity contribution in [3.63, 3.8) is 0 Å². The van der Waals surface area contributed by atoms with Gasteiger partial charge in [0, 0.05) is 23.5 Å². The lowest BCUT2D eigenvalue weighted by Gasteiger charge is -2.05. The first kappa shape index (κ1) is 13.1. The molecule has 0 fully saturated rings. The van der Waals surface area contributed by atoms with Crippen molar-refractivity contribution in [1.82, 2.24) is 15.2 Å². The molecule has 0 unspecified atom stereocenters. The van der Waals surface area contributed by atoms with E-state index in [1.165, 1.54) is 6.07 Å². The van der Waals surface area contributed by atoms with Crippen LogP contribution in [0.5, 0.6) is 11.8 Å². The molecule has 2 rings (SSSR count). The van der Waals surface area contributed by atoms with Gasteiger partial charge in [-0.15, -0.1) is 5.10 Å². The van der Waals surface area contributed by atoms with Gasteiger partial charge in [-0.1, -0.05) is 13.3 Å². The van der Waals surface area contributed by atoms with Gasteiger partial charge >= 0.3 is 5.97 Å². The maximum absolute atomic E-state index is 11.1. The third kappa shape index (κ3) is 3.31. The fourth-order valence-electron chi connectivity index (χ4n) is 1.67. The molecule has 0 amide bonds. The fourth-order valence-corrected chi connectivity index (χ4v) is 1.67. The van der Waals surface area contributed by atoms with Gasteiger partial charge in [0.05, 0.1) is 5.56 Å². The van der Waals surface area contributed by atoms with Gasteiger partial charge in [0.15, 0.2) is 0 Å². The van der Waals surface area contributed by atoms with Crippen molar-refractivity contribution in [3.05, 3.63) is 35.2 Å². The lowest BCUT2D eigenvalue weighted by Crippen LogP contribution is -2.02. The summed E-state index contributed by atoms with van der Waals surface area (Å²) in [5.74, 6) is -0.382. The first-order valence-corrected chi connectivity index (χ1v) is 6.02. The van der Waals surface area contributed by atoms with Crippen molar-refractivity contribution in [2.24, 2.45) is 0 Å². The number of carbonyl (C=O) groups is 1. The molecule has 2 N–H and O–H groups in total. The van der Waals surface area contributed by atoms with Gasteiger partial charge < -0.3 is 9.84 Å². The number of hydrogen-bond acceptors (Lipinski definition) is 4. The Bertz CT molecular complexity index is 593. The number of aromatic nitrogens is 3. The highest BCUT2D eigenvalue weighted by atomic mass is 16.5. The number of aryl methyl sites for hydroxylation is 2. The predicted octanol–water partition coefficient (Wildman–Crippen LogP) is 2.56. The Morgan fingerprint density at radius 1 is 1.37 bits per heavy atom. The van der Waals surface area contributed by atoms with E-state index in [2.05, 4.69) is 15.2 Å². The molecule has 0 aliphatic carbocycles. The zero-order valence-electron chi connectivity index (χ0n) is 10.8. The second-order valence-corrected chi connectivity index (χ2v) is 4.23. The maximum atomic E-state index is 11.1. The van der Waals surface area contributed by atoms with Crippen LogP contribution in [0.1, 0.15) is 35.1 Å². The number of carboxylic acids is 1. The Morgan fingerprint density at radius 3 is 2.74 bits per heavy atom. The summed E-state index contributed by atoms with van der Waals surface area (Å²) < 4.78 is 5.46. The molecule has 0 aromatic carbocycles. The molecule has 0 aliphatic rings. The minimum atomic E-state index is -0.997. The average molecular weight is 261 g/mol. The van der Waals surface area contributed by atoms with Crippen LogP contribution in [-0.4, -0.2) is 26.3 Å². The van der Waals surface area contributed by atoms with Crippen molar-refractivity contribution in [2.75, 3.05) is 0 Å². The molecular weight excluding hydrogens is 246 g/mol. The van der Waals surface area contributed by atoms with Gasteiger partial charge in [0.25, 0.3) is 0 Å². The predicted molar refractivity (Wildman–Crippen MR) is 68.6 cm³/mol. The van der Waals surface area contributed by atoms with Crippen molar-refractivity contribution in [3.8, 4) is 11.8 Å². The first-order valence-electron chi connectivity index (χ1n) is 6.02. The molecule has 6 heteroatoms. The van der Waals surface area contributed by atoms with Crippen molar-refractivity contribution < 1.29 is 14.6 Å². The number of aromatic amines is 1. The summed E-state index contributed by atoms with van der Waals surface area (Å²) in [6.45, 7) is 3.86. The van der Waals surface area contributed by atoms with E-state index in [1.54, 1.807) is 12.1 Å². The van der Waals surface area contributed by atoms with E-state index in [9.17, 15) is 4.79 Å². The Kier molecular flexibility index (Phi) is 3.79. The SMILES string of the molecule is CCCc1cc(C(=O)O)cc(Oc2cc(C)[nH]n2)n1. The summed E-state index contributed by atoms with van der Waals surface area (Å²) in [6.07, 6.45) is 1.59. The van der Waals surface area contributed by atoms with Gasteiger partial charge in [-0.25, -0.2) is 9.78 Å². The molecule has 2 aromatic rings. The van der Waals surface area contributed by atoms with Crippen LogP contribution in [0, 0.1) is 6.92 Å². The third-order valence-electron chi connectivity index (χ3n) is 2.50. The molecule has 0 saturated carbocycles. The minimum absolute atomic E-state index is 0.167. The number of H-pyrrole nitrogens is 1. The minimum Gasteiger partial charge on any atom is -0.478 e. The molecule has 2 aromatic heterocycles. The fraction of sp³-hybridized carbons (Fsp3) is 0.308. The number of nitrogens with zero attached hydrogens (tertiary/aromatic N) is 2. The summed E-state index contributed by atoms with van der Waals surface area (Å²) in [5.41, 5.74) is 1.73. The van der Waals surface area contributed by atoms with E-state index in [1.807, 2.05) is 13.8 Å². The first-order chi connectivity index (χ1) is 9.08. The van der Waals surface area contributed by atoms with Gasteiger partial charge in [-0.2, -0.15) is 0 Å². The van der Waals surface area contributed by atoms with Crippen LogP contribution in [-0.2, 0) is 6.42 Å². The summed E-state index contributed by atoms with van der Waals surface area (Å²) >= 11 is 0. The van der Waals surface area contributed by atoms with Crippen molar-refractivity contribution in [1.29, 1.82) is 0 Å². The summed E-state index contributed by atoms with van der Waals surface area (Å²) in [6, 6.07) is 4.68. The van der Waals surface area contributed by atoms with Gasteiger partial charge in [-0.05, 0) is 19.4 Å². The maximum Gasteiger partial charge on any atom is 0.335 e. The topological polar surface area (TPSA) is 88.1 Å². The highest BCUT2D eigenvalue weighted by Crippen LogP contribution is 2.20. The molecule has 2 heterocycles. The van der Waals surface area contributed by atoms with E-state index < -0.39 is 5.97 Å². The lowest BCUT2D eigenvalue weighted by molar-refractivity contribution is 0.0696. The molecular formula is C13H15N3O3. The van der Waals surface area contributed by atoms with E-state index in [0.717, 1.165) is 12.1 Å². The molecule has 0 radical (unpaired) electrons. The van der Waals surface area contributed by atoms with E-state index in [0.29, 0.717) is 18.0 Å². The summed E-state index contributed by atoms with van der Waals surface area (Å²) in [5, 5.41) is 15.7. The number of hydrogen-bond donors (Lipinski definition) is 2. The number of carboxylic acid groups (broad SMARTS) is 1.